The first kappa shape index (κ1) is 40.7. The van der Waals surface area contributed by atoms with Crippen LogP contribution in [-0.4, -0.2) is 134 Å². The average molecular weight is 741 g/mol. The first-order valence-electron chi connectivity index (χ1n) is 18.3. The second-order valence-electron chi connectivity index (χ2n) is 15.0. The third-order valence-electron chi connectivity index (χ3n) is 11.2. The maximum Gasteiger partial charge on any atom is 0.509 e. The molecule has 0 radical (unpaired) electrons. The van der Waals surface area contributed by atoms with Gasteiger partial charge in [0.1, 0.15) is 42.7 Å². The summed E-state index contributed by atoms with van der Waals surface area (Å²) in [4.78, 5) is 38.7. The first-order chi connectivity index (χ1) is 24.6. The van der Waals surface area contributed by atoms with Crippen molar-refractivity contribution in [3.05, 3.63) is 24.3 Å². The molecule has 0 aliphatic carbocycles. The minimum absolute atomic E-state index is 0.0493. The maximum absolute atomic E-state index is 13.4. The lowest BCUT2D eigenvalue weighted by Gasteiger charge is -2.46. The van der Waals surface area contributed by atoms with Gasteiger partial charge in [-0.1, -0.05) is 26.8 Å². The van der Waals surface area contributed by atoms with E-state index < -0.39 is 115 Å². The second-order valence-corrected chi connectivity index (χ2v) is 15.0. The Morgan fingerprint density at radius 2 is 1.54 bits per heavy atom. The van der Waals surface area contributed by atoms with Crippen LogP contribution in [0.2, 0.25) is 0 Å². The Morgan fingerprint density at radius 1 is 0.827 bits per heavy atom. The van der Waals surface area contributed by atoms with Gasteiger partial charge in [0.2, 0.25) is 0 Å². The number of carbonyl (C=O) groups excluding carboxylic acids is 3. The van der Waals surface area contributed by atoms with Crippen molar-refractivity contribution in [2.24, 2.45) is 23.7 Å². The van der Waals surface area contributed by atoms with Crippen LogP contribution >= 0.6 is 0 Å². The number of aliphatic hydroxyl groups excluding tert-OH is 2. The van der Waals surface area contributed by atoms with Crippen LogP contribution in [0.15, 0.2) is 24.3 Å². The lowest BCUT2D eigenvalue weighted by atomic mass is 9.82. The number of allylic oxidation sites excluding steroid dienone is 1. The molecular weight excluding hydrogens is 684 g/mol. The number of hydrogen-bond donors (Lipinski definition) is 2. The molecule has 0 amide bonds. The highest BCUT2D eigenvalue weighted by atomic mass is 16.8. The van der Waals surface area contributed by atoms with E-state index in [0.29, 0.717) is 6.42 Å². The monoisotopic (exact) mass is 740 g/mol. The van der Waals surface area contributed by atoms with Crippen molar-refractivity contribution in [3.8, 4) is 0 Å². The topological polar surface area (TPSA) is 187 Å². The van der Waals surface area contributed by atoms with Crippen LogP contribution in [0.4, 0.5) is 4.79 Å². The molecule has 1 spiro atoms. The van der Waals surface area contributed by atoms with Crippen molar-refractivity contribution in [2.75, 3.05) is 20.8 Å². The highest BCUT2D eigenvalue weighted by molar-refractivity contribution is 5.91. The molecule has 5 heterocycles. The molecule has 15 nitrogen and oxygen atoms in total. The van der Waals surface area contributed by atoms with Gasteiger partial charge in [-0.3, -0.25) is 4.79 Å². The number of cyclic esters (lactones) is 2. The fourth-order valence-corrected chi connectivity index (χ4v) is 7.99. The van der Waals surface area contributed by atoms with E-state index in [4.69, 9.17) is 47.4 Å². The molecule has 18 atom stereocenters. The van der Waals surface area contributed by atoms with Gasteiger partial charge in [-0.15, -0.1) is 0 Å². The summed E-state index contributed by atoms with van der Waals surface area (Å²) in [6, 6.07) is 0. The normalized spacial score (nSPS) is 48.7. The molecule has 0 aromatic rings. The number of aliphatic hydroxyl groups is 2. The number of hydrogen-bond acceptors (Lipinski definition) is 15. The minimum Gasteiger partial charge on any atom is -0.459 e. The van der Waals surface area contributed by atoms with E-state index in [1.165, 1.54) is 26.4 Å². The zero-order valence-corrected chi connectivity index (χ0v) is 31.4. The van der Waals surface area contributed by atoms with E-state index in [1.54, 1.807) is 39.8 Å². The van der Waals surface area contributed by atoms with Gasteiger partial charge in [0.25, 0.3) is 0 Å². The highest BCUT2D eigenvalue weighted by Crippen LogP contribution is 2.42. The molecule has 294 valence electrons. The molecular formula is C37H56O15. The molecule has 5 aliphatic heterocycles. The molecule has 0 aromatic heterocycles. The smallest absolute Gasteiger partial charge is 0.459 e. The average Bonchev–Trinajstić information content (AvgIpc) is 3.79. The highest BCUT2D eigenvalue weighted by Gasteiger charge is 2.61. The number of ketones is 1. The number of esters is 1. The van der Waals surface area contributed by atoms with E-state index in [1.807, 2.05) is 20.8 Å². The molecule has 4 fully saturated rings. The van der Waals surface area contributed by atoms with E-state index in [2.05, 4.69) is 0 Å². The van der Waals surface area contributed by atoms with Crippen LogP contribution in [0.3, 0.4) is 0 Å². The summed E-state index contributed by atoms with van der Waals surface area (Å²) in [6.45, 7) is 12.6. The molecule has 0 saturated carbocycles. The maximum atomic E-state index is 13.4. The van der Waals surface area contributed by atoms with Crippen molar-refractivity contribution in [3.63, 3.8) is 0 Å². The predicted molar refractivity (Wildman–Crippen MR) is 181 cm³/mol. The lowest BCUT2D eigenvalue weighted by molar-refractivity contribution is -0.308. The van der Waals surface area contributed by atoms with Gasteiger partial charge in [0.15, 0.2) is 24.0 Å². The van der Waals surface area contributed by atoms with Gasteiger partial charge >= 0.3 is 12.1 Å². The van der Waals surface area contributed by atoms with Crippen molar-refractivity contribution in [1.82, 2.24) is 0 Å². The molecule has 2 N–H and O–H groups in total. The summed E-state index contributed by atoms with van der Waals surface area (Å²) in [5.41, 5.74) is -1.35. The number of rotatable bonds is 7. The van der Waals surface area contributed by atoms with Crippen LogP contribution in [0, 0.1) is 23.7 Å². The standard InChI is InChI=1S/C37H56O15/c1-17-10-13-27(39)47-21(5)24(16-45-34-32(44-9)31(43-8)28(40)22(6)48-34)30-26(50-30)12-11-25(38)18(2)14-19(3)29(17)51-35-33(41)37(15-20(4)46-35)23(7)49-36(42)52-37/h10-13,17-24,26,28-35,40-41H,14-16H2,1-9H3/b12-11+,13-10+/t17?,18-,19?,20-,21-,22-,23-,24-,26+,28-,29-,30+,31-,32-,33+,34-,35+,37?/m1/s1. The lowest BCUT2D eigenvalue weighted by Crippen LogP contribution is -2.62. The third kappa shape index (κ3) is 8.74. The zero-order chi connectivity index (χ0) is 38.1. The quantitative estimate of drug-likeness (QED) is 0.286. The van der Waals surface area contributed by atoms with Crippen molar-refractivity contribution in [1.29, 1.82) is 0 Å². The minimum atomic E-state index is -1.36. The van der Waals surface area contributed by atoms with Crippen LogP contribution in [0.25, 0.3) is 0 Å². The van der Waals surface area contributed by atoms with Crippen molar-refractivity contribution in [2.45, 2.75) is 147 Å². The van der Waals surface area contributed by atoms with Crippen LogP contribution in [0.5, 0.6) is 0 Å². The van der Waals surface area contributed by atoms with Gasteiger partial charge in [0.05, 0.1) is 31.0 Å². The molecule has 0 aromatic carbocycles. The predicted octanol–water partition coefficient (Wildman–Crippen LogP) is 2.62. The number of ether oxygens (including phenoxy) is 10. The molecule has 3 unspecified atom stereocenters. The molecule has 0 bridgehead atoms. The fourth-order valence-electron chi connectivity index (χ4n) is 7.99. The summed E-state index contributed by atoms with van der Waals surface area (Å²) in [5.74, 6) is -2.20. The van der Waals surface area contributed by atoms with E-state index >= 15 is 0 Å². The second kappa shape index (κ2) is 16.9. The Hall–Kier alpha value is -2.47. The number of carbonyl (C=O) groups is 3. The summed E-state index contributed by atoms with van der Waals surface area (Å²) in [5, 5.41) is 22.0. The Balaban J connectivity index is 1.34. The summed E-state index contributed by atoms with van der Waals surface area (Å²) in [7, 11) is 2.96. The number of methoxy groups -OCH3 is 2. The molecule has 52 heavy (non-hydrogen) atoms. The number of epoxide rings is 1. The summed E-state index contributed by atoms with van der Waals surface area (Å²) < 4.78 is 58.3. The van der Waals surface area contributed by atoms with Crippen LogP contribution in [0.1, 0.15) is 61.3 Å². The first-order valence-corrected chi connectivity index (χ1v) is 18.3. The third-order valence-corrected chi connectivity index (χ3v) is 11.2. The molecule has 5 aliphatic rings. The summed E-state index contributed by atoms with van der Waals surface area (Å²) >= 11 is 0. The van der Waals surface area contributed by atoms with E-state index in [-0.39, 0.29) is 24.7 Å². The van der Waals surface area contributed by atoms with Gasteiger partial charge in [-0.2, -0.15) is 0 Å². The van der Waals surface area contributed by atoms with Gasteiger partial charge < -0.3 is 57.6 Å². The Bertz CT molecular complexity index is 1320. The molecule has 15 heteroatoms. The van der Waals surface area contributed by atoms with E-state index in [9.17, 15) is 24.6 Å². The van der Waals surface area contributed by atoms with Gasteiger partial charge in [0, 0.05) is 44.5 Å². The van der Waals surface area contributed by atoms with Gasteiger partial charge in [-0.25, -0.2) is 9.59 Å². The largest absolute Gasteiger partial charge is 0.509 e. The Kier molecular flexibility index (Phi) is 13.2. The van der Waals surface area contributed by atoms with Crippen LogP contribution in [-0.2, 0) is 57.0 Å². The Labute approximate surface area is 305 Å². The van der Waals surface area contributed by atoms with Crippen molar-refractivity contribution < 1.29 is 72.0 Å². The molecule has 4 saturated heterocycles. The van der Waals surface area contributed by atoms with E-state index in [0.717, 1.165) is 0 Å². The fraction of sp³-hybridized carbons (Fsp3) is 0.811. The van der Waals surface area contributed by atoms with Crippen molar-refractivity contribution >= 4 is 17.9 Å². The SMILES string of the molecule is CO[C@@H]1[C@H](O)[C@@H](C)O[C@@H](OC[C@H]2[C@@H]3O[C@H]3/C=C/C(=O)[C@H](C)CC(C)[C@H](O[C@@H]3O[C@H](C)CC4(OC(=O)O[C@@H]4C)[C@H]3O)C(C)/C=C/C(=O)O[C@@H]2C)[C@@H]1OC. The molecule has 5 rings (SSSR count). The zero-order valence-electron chi connectivity index (χ0n) is 31.4. The van der Waals surface area contributed by atoms with Crippen LogP contribution < -0.4 is 0 Å². The van der Waals surface area contributed by atoms with Gasteiger partial charge in [-0.05, 0) is 52.2 Å². The number of fused-ring (bicyclic) bond motifs is 1. The summed E-state index contributed by atoms with van der Waals surface area (Å²) in [6.07, 6.45) is -3.65. The Morgan fingerprint density at radius 3 is 2.19 bits per heavy atom.